The lowest BCUT2D eigenvalue weighted by atomic mass is 10.2. The van der Waals surface area contributed by atoms with E-state index in [1.165, 1.54) is 23.4 Å². The van der Waals surface area contributed by atoms with Crippen molar-refractivity contribution in [1.82, 2.24) is 19.7 Å². The highest BCUT2D eigenvalue weighted by molar-refractivity contribution is 7.99. The van der Waals surface area contributed by atoms with Crippen LogP contribution in [0.3, 0.4) is 0 Å². The zero-order valence-electron chi connectivity index (χ0n) is 19.5. The molecule has 6 nitrogen and oxygen atoms in total. The molecule has 1 aliphatic heterocycles. The maximum Gasteiger partial charge on any atom is 0.233 e. The Morgan fingerprint density at radius 3 is 2.29 bits per heavy atom. The summed E-state index contributed by atoms with van der Waals surface area (Å²) in [5, 5.41) is 9.55. The molecule has 5 rings (SSSR count). The van der Waals surface area contributed by atoms with E-state index < -0.39 is 0 Å². The predicted octanol–water partition coefficient (Wildman–Crippen LogP) is 4.82. The third kappa shape index (κ3) is 5.07. The standard InChI is InChI=1S/C27H26FN5OS/c1-20-11-13-22(14-12-20)33-26(21-7-3-2-4-8-21)29-30-27(33)35-19-25(34)32-17-15-31(16-18-32)24-10-6-5-9-23(24)28/h2-14H,15-19H2,1H3. The van der Waals surface area contributed by atoms with Gasteiger partial charge in [0.05, 0.1) is 11.4 Å². The molecule has 0 bridgehead atoms. The van der Waals surface area contributed by atoms with Crippen LogP contribution in [0.25, 0.3) is 17.1 Å². The Hall–Kier alpha value is -3.65. The number of anilines is 1. The molecule has 35 heavy (non-hydrogen) atoms. The molecule has 1 aromatic heterocycles. The lowest BCUT2D eigenvalue weighted by Gasteiger charge is -2.36. The Balaban J connectivity index is 1.29. The Morgan fingerprint density at radius 1 is 0.886 bits per heavy atom. The van der Waals surface area contributed by atoms with Gasteiger partial charge in [-0.2, -0.15) is 0 Å². The smallest absolute Gasteiger partial charge is 0.233 e. The van der Waals surface area contributed by atoms with Crippen molar-refractivity contribution in [3.8, 4) is 17.1 Å². The number of hydrogen-bond acceptors (Lipinski definition) is 5. The van der Waals surface area contributed by atoms with Crippen LogP contribution in [0.4, 0.5) is 10.1 Å². The van der Waals surface area contributed by atoms with Gasteiger partial charge in [-0.05, 0) is 31.2 Å². The summed E-state index contributed by atoms with van der Waals surface area (Å²) in [5.74, 6) is 0.816. The summed E-state index contributed by atoms with van der Waals surface area (Å²) in [6.45, 7) is 4.39. The highest BCUT2D eigenvalue weighted by Crippen LogP contribution is 2.28. The summed E-state index contributed by atoms with van der Waals surface area (Å²) in [6, 6.07) is 24.9. The molecule has 0 saturated carbocycles. The number of aromatic nitrogens is 3. The first kappa shape index (κ1) is 23.1. The van der Waals surface area contributed by atoms with Crippen LogP contribution >= 0.6 is 11.8 Å². The first-order valence-corrected chi connectivity index (χ1v) is 12.6. The summed E-state index contributed by atoms with van der Waals surface area (Å²) in [7, 11) is 0. The molecule has 178 valence electrons. The Labute approximate surface area is 208 Å². The number of carbonyl (C=O) groups excluding carboxylic acids is 1. The quantitative estimate of drug-likeness (QED) is 0.365. The van der Waals surface area contributed by atoms with Crippen LogP contribution in [0.2, 0.25) is 0 Å². The first-order chi connectivity index (χ1) is 17.1. The third-order valence-corrected chi connectivity index (χ3v) is 7.02. The second-order valence-electron chi connectivity index (χ2n) is 8.45. The second-order valence-corrected chi connectivity index (χ2v) is 9.39. The number of rotatable bonds is 6. The van der Waals surface area contributed by atoms with Crippen LogP contribution in [0.1, 0.15) is 5.56 Å². The third-order valence-electron chi connectivity index (χ3n) is 6.11. The van der Waals surface area contributed by atoms with Gasteiger partial charge in [0.25, 0.3) is 0 Å². The van der Waals surface area contributed by atoms with Crippen LogP contribution in [0, 0.1) is 12.7 Å². The average Bonchev–Trinajstić information content (AvgIpc) is 3.32. The van der Waals surface area contributed by atoms with E-state index in [9.17, 15) is 9.18 Å². The van der Waals surface area contributed by atoms with Crippen molar-refractivity contribution in [2.75, 3.05) is 36.8 Å². The lowest BCUT2D eigenvalue weighted by molar-refractivity contribution is -0.128. The highest BCUT2D eigenvalue weighted by Gasteiger charge is 2.24. The number of nitrogens with zero attached hydrogens (tertiary/aromatic N) is 5. The number of amides is 1. The van der Waals surface area contributed by atoms with E-state index in [2.05, 4.69) is 22.3 Å². The molecular formula is C27H26FN5OS. The van der Waals surface area contributed by atoms with Crippen LogP contribution in [0.5, 0.6) is 0 Å². The molecule has 0 radical (unpaired) electrons. The predicted molar refractivity (Wildman–Crippen MR) is 137 cm³/mol. The number of benzene rings is 3. The maximum absolute atomic E-state index is 14.1. The molecule has 0 atom stereocenters. The van der Waals surface area contributed by atoms with Gasteiger partial charge in [0.15, 0.2) is 11.0 Å². The van der Waals surface area contributed by atoms with Crippen LogP contribution in [0.15, 0.2) is 84.0 Å². The van der Waals surface area contributed by atoms with Gasteiger partial charge >= 0.3 is 0 Å². The van der Waals surface area contributed by atoms with Gasteiger partial charge in [-0.25, -0.2) is 4.39 Å². The minimum Gasteiger partial charge on any atom is -0.366 e. The van der Waals surface area contributed by atoms with Crippen LogP contribution < -0.4 is 4.90 Å². The molecule has 0 aliphatic carbocycles. The summed E-state index contributed by atoms with van der Waals surface area (Å²) in [6.07, 6.45) is 0. The minimum absolute atomic E-state index is 0.0444. The summed E-state index contributed by atoms with van der Waals surface area (Å²) in [5.41, 5.74) is 3.67. The second kappa shape index (κ2) is 10.3. The van der Waals surface area contributed by atoms with Crippen LogP contribution in [-0.2, 0) is 4.79 Å². The van der Waals surface area contributed by atoms with E-state index in [0.717, 1.165) is 17.1 Å². The number of halogens is 1. The molecule has 1 aliphatic rings. The normalized spacial score (nSPS) is 13.8. The first-order valence-electron chi connectivity index (χ1n) is 11.6. The highest BCUT2D eigenvalue weighted by atomic mass is 32.2. The van der Waals surface area contributed by atoms with Gasteiger partial charge in [0.1, 0.15) is 5.82 Å². The summed E-state index contributed by atoms with van der Waals surface area (Å²) >= 11 is 1.39. The molecule has 1 saturated heterocycles. The molecule has 4 aromatic rings. The fourth-order valence-corrected chi connectivity index (χ4v) is 5.04. The Kier molecular flexibility index (Phi) is 6.81. The number of thioether (sulfide) groups is 1. The Bertz CT molecular complexity index is 1300. The van der Waals surface area contributed by atoms with Gasteiger partial charge in [0, 0.05) is 37.4 Å². The zero-order valence-corrected chi connectivity index (χ0v) is 20.3. The number of aryl methyl sites for hydroxylation is 1. The number of para-hydroxylation sites is 1. The molecule has 8 heteroatoms. The maximum atomic E-state index is 14.1. The fraction of sp³-hybridized carbons (Fsp3) is 0.222. The van der Waals surface area contributed by atoms with Gasteiger partial charge in [-0.1, -0.05) is 71.9 Å². The van der Waals surface area contributed by atoms with E-state index in [0.29, 0.717) is 37.0 Å². The molecule has 1 amide bonds. The largest absolute Gasteiger partial charge is 0.366 e. The Morgan fingerprint density at radius 2 is 1.57 bits per heavy atom. The van der Waals surface area contributed by atoms with E-state index >= 15 is 0 Å². The monoisotopic (exact) mass is 487 g/mol. The van der Waals surface area contributed by atoms with Crippen molar-refractivity contribution in [3.63, 3.8) is 0 Å². The summed E-state index contributed by atoms with van der Waals surface area (Å²) in [4.78, 5) is 16.8. The van der Waals surface area contributed by atoms with Gasteiger partial charge in [-0.15, -0.1) is 10.2 Å². The molecule has 3 aromatic carbocycles. The van der Waals surface area contributed by atoms with E-state index in [1.54, 1.807) is 12.1 Å². The number of hydrogen-bond donors (Lipinski definition) is 0. The molecular weight excluding hydrogens is 461 g/mol. The molecule has 1 fully saturated rings. The molecule has 2 heterocycles. The minimum atomic E-state index is -0.229. The number of piperazine rings is 1. The van der Waals surface area contributed by atoms with Crippen LogP contribution in [-0.4, -0.2) is 57.5 Å². The van der Waals surface area contributed by atoms with Crippen molar-refractivity contribution in [2.45, 2.75) is 12.1 Å². The SMILES string of the molecule is Cc1ccc(-n2c(SCC(=O)N3CCN(c4ccccc4F)CC3)nnc2-c2ccccc2)cc1. The van der Waals surface area contributed by atoms with Crippen molar-refractivity contribution >= 4 is 23.4 Å². The molecule has 0 spiro atoms. The molecule has 0 unspecified atom stereocenters. The van der Waals surface area contributed by atoms with Crippen molar-refractivity contribution in [2.24, 2.45) is 0 Å². The zero-order chi connectivity index (χ0) is 24.2. The van der Waals surface area contributed by atoms with Gasteiger partial charge in [0.2, 0.25) is 5.91 Å². The molecule has 0 N–H and O–H groups in total. The lowest BCUT2D eigenvalue weighted by Crippen LogP contribution is -2.49. The van der Waals surface area contributed by atoms with Gasteiger partial charge < -0.3 is 9.80 Å². The van der Waals surface area contributed by atoms with E-state index in [-0.39, 0.29) is 17.5 Å². The number of carbonyl (C=O) groups is 1. The van der Waals surface area contributed by atoms with E-state index in [1.807, 2.05) is 69.8 Å². The van der Waals surface area contributed by atoms with Crippen molar-refractivity contribution < 1.29 is 9.18 Å². The van der Waals surface area contributed by atoms with Gasteiger partial charge in [-0.3, -0.25) is 9.36 Å². The topological polar surface area (TPSA) is 54.3 Å². The van der Waals surface area contributed by atoms with E-state index in [4.69, 9.17) is 0 Å². The average molecular weight is 488 g/mol. The van der Waals surface area contributed by atoms with Crippen molar-refractivity contribution in [1.29, 1.82) is 0 Å². The van der Waals surface area contributed by atoms with Crippen molar-refractivity contribution in [3.05, 3.63) is 90.2 Å². The summed E-state index contributed by atoms with van der Waals surface area (Å²) < 4.78 is 16.1. The fourth-order valence-electron chi connectivity index (χ4n) is 4.19.